The van der Waals surface area contributed by atoms with Gasteiger partial charge in [-0.25, -0.2) is 9.67 Å². The van der Waals surface area contributed by atoms with Crippen molar-refractivity contribution in [2.24, 2.45) is 7.05 Å². The summed E-state index contributed by atoms with van der Waals surface area (Å²) in [5.74, 6) is 0. The van der Waals surface area contributed by atoms with Crippen LogP contribution in [0.3, 0.4) is 0 Å². The van der Waals surface area contributed by atoms with Gasteiger partial charge < -0.3 is 4.57 Å². The third-order valence-electron chi connectivity index (χ3n) is 2.96. The first-order valence-corrected chi connectivity index (χ1v) is 7.35. The van der Waals surface area contributed by atoms with E-state index in [4.69, 9.17) is 0 Å². The van der Waals surface area contributed by atoms with E-state index in [-0.39, 0.29) is 0 Å². The molecule has 0 aliphatic carbocycles. The fourth-order valence-electron chi connectivity index (χ4n) is 1.93. The number of benzene rings is 1. The smallest absolute Gasteiger partial charge is 0.112 e. The summed E-state index contributed by atoms with van der Waals surface area (Å²) in [5.41, 5.74) is 4.22. The van der Waals surface area contributed by atoms with E-state index in [2.05, 4.69) is 62.2 Å². The molecular formula is C13H12IN5. The zero-order valence-corrected chi connectivity index (χ0v) is 12.5. The van der Waals surface area contributed by atoms with E-state index >= 15 is 0 Å². The van der Waals surface area contributed by atoms with E-state index in [1.165, 1.54) is 5.56 Å². The number of hydrogen-bond donors (Lipinski definition) is 0. The topological polar surface area (TPSA) is 48.5 Å². The molecule has 19 heavy (non-hydrogen) atoms. The Morgan fingerprint density at radius 2 is 1.89 bits per heavy atom. The molecule has 1 aromatic carbocycles. The second kappa shape index (κ2) is 5.12. The molecule has 0 saturated heterocycles. The van der Waals surface area contributed by atoms with E-state index in [1.807, 2.05) is 22.5 Å². The second-order valence-corrected chi connectivity index (χ2v) is 4.98. The average Bonchev–Trinajstić information content (AvgIpc) is 3.07. The van der Waals surface area contributed by atoms with Gasteiger partial charge in [0.1, 0.15) is 5.69 Å². The molecule has 0 unspecified atom stereocenters. The standard InChI is InChI=1S/C13H12IN5/c1-18-9-15-7-12(18)13-8-16-17-19(13)11-4-2-10(6-14)3-5-11/h2-5,7-9H,6H2,1H3. The predicted octanol–water partition coefficient (Wildman–Crippen LogP) is 2.60. The van der Waals surface area contributed by atoms with Gasteiger partial charge in [-0.2, -0.15) is 0 Å². The average molecular weight is 365 g/mol. The number of nitrogens with zero attached hydrogens (tertiary/aromatic N) is 5. The number of halogens is 1. The van der Waals surface area contributed by atoms with Gasteiger partial charge in [-0.3, -0.25) is 0 Å². The Balaban J connectivity index is 2.06. The number of aromatic nitrogens is 5. The second-order valence-electron chi connectivity index (χ2n) is 4.22. The van der Waals surface area contributed by atoms with Crippen LogP contribution in [-0.2, 0) is 11.5 Å². The van der Waals surface area contributed by atoms with E-state index in [1.54, 1.807) is 12.5 Å². The summed E-state index contributed by atoms with van der Waals surface area (Å²) in [5, 5.41) is 8.17. The van der Waals surface area contributed by atoms with Crippen LogP contribution in [0.25, 0.3) is 17.1 Å². The van der Waals surface area contributed by atoms with Gasteiger partial charge in [-0.15, -0.1) is 5.10 Å². The molecule has 0 aliphatic rings. The lowest BCUT2D eigenvalue weighted by Crippen LogP contribution is -2.01. The molecule has 0 atom stereocenters. The summed E-state index contributed by atoms with van der Waals surface area (Å²) < 4.78 is 4.78. The molecule has 0 N–H and O–H groups in total. The zero-order valence-electron chi connectivity index (χ0n) is 10.4. The van der Waals surface area contributed by atoms with Crippen LogP contribution in [0.5, 0.6) is 0 Å². The number of rotatable bonds is 3. The zero-order chi connectivity index (χ0) is 13.2. The molecule has 2 heterocycles. The Morgan fingerprint density at radius 1 is 1.11 bits per heavy atom. The molecule has 0 bridgehead atoms. The predicted molar refractivity (Wildman–Crippen MR) is 81.3 cm³/mol. The summed E-state index contributed by atoms with van der Waals surface area (Å²) in [7, 11) is 1.96. The summed E-state index contributed by atoms with van der Waals surface area (Å²) >= 11 is 2.35. The third kappa shape index (κ3) is 2.27. The Morgan fingerprint density at radius 3 is 2.53 bits per heavy atom. The third-order valence-corrected chi connectivity index (χ3v) is 3.84. The molecular weight excluding hydrogens is 353 g/mol. The van der Waals surface area contributed by atoms with Gasteiger partial charge in [0.2, 0.25) is 0 Å². The highest BCUT2D eigenvalue weighted by Crippen LogP contribution is 2.21. The van der Waals surface area contributed by atoms with Crippen LogP contribution in [0.2, 0.25) is 0 Å². The fraction of sp³-hybridized carbons (Fsp3) is 0.154. The SMILES string of the molecule is Cn1cncc1-c1cnnn1-c1ccc(CI)cc1. The lowest BCUT2D eigenvalue weighted by molar-refractivity contribution is 0.800. The van der Waals surface area contributed by atoms with Crippen LogP contribution in [0.4, 0.5) is 0 Å². The van der Waals surface area contributed by atoms with Gasteiger partial charge in [0.05, 0.1) is 30.1 Å². The summed E-state index contributed by atoms with van der Waals surface area (Å²) in [4.78, 5) is 4.13. The number of aryl methyl sites for hydroxylation is 1. The molecule has 0 spiro atoms. The molecule has 0 amide bonds. The normalized spacial score (nSPS) is 10.8. The highest BCUT2D eigenvalue weighted by atomic mass is 127. The highest BCUT2D eigenvalue weighted by Gasteiger charge is 2.11. The van der Waals surface area contributed by atoms with Crippen LogP contribution in [-0.4, -0.2) is 24.5 Å². The van der Waals surface area contributed by atoms with Crippen molar-refractivity contribution in [2.45, 2.75) is 4.43 Å². The van der Waals surface area contributed by atoms with E-state index in [0.717, 1.165) is 21.5 Å². The Bertz CT molecular complexity index is 683. The van der Waals surface area contributed by atoms with Gasteiger partial charge in [-0.05, 0) is 17.7 Å². The fourth-order valence-corrected chi connectivity index (χ4v) is 2.44. The van der Waals surface area contributed by atoms with Crippen LogP contribution >= 0.6 is 22.6 Å². The van der Waals surface area contributed by atoms with E-state index in [9.17, 15) is 0 Å². The van der Waals surface area contributed by atoms with Crippen LogP contribution < -0.4 is 0 Å². The summed E-state index contributed by atoms with van der Waals surface area (Å²) in [6.45, 7) is 0. The minimum Gasteiger partial charge on any atom is -0.332 e. The maximum Gasteiger partial charge on any atom is 0.112 e. The maximum atomic E-state index is 4.16. The maximum absolute atomic E-state index is 4.16. The van der Waals surface area contributed by atoms with Crippen LogP contribution in [0, 0.1) is 0 Å². The number of imidazole rings is 1. The minimum absolute atomic E-state index is 0.933. The van der Waals surface area contributed by atoms with E-state index in [0.29, 0.717) is 0 Å². The first-order chi connectivity index (χ1) is 9.29. The molecule has 0 aliphatic heterocycles. The van der Waals surface area contributed by atoms with Crippen LogP contribution in [0.15, 0.2) is 43.0 Å². The van der Waals surface area contributed by atoms with Crippen molar-refractivity contribution >= 4 is 22.6 Å². The van der Waals surface area contributed by atoms with Crippen molar-refractivity contribution in [3.8, 4) is 17.1 Å². The lowest BCUT2D eigenvalue weighted by atomic mass is 10.2. The Kier molecular flexibility index (Phi) is 3.33. The molecule has 96 valence electrons. The summed E-state index contributed by atoms with van der Waals surface area (Å²) in [6, 6.07) is 8.33. The van der Waals surface area contributed by atoms with Gasteiger partial charge in [0.25, 0.3) is 0 Å². The molecule has 6 heteroatoms. The van der Waals surface area contributed by atoms with E-state index < -0.39 is 0 Å². The molecule has 5 nitrogen and oxygen atoms in total. The van der Waals surface area contributed by atoms with Crippen molar-refractivity contribution in [1.29, 1.82) is 0 Å². The van der Waals surface area contributed by atoms with Gasteiger partial charge >= 0.3 is 0 Å². The quantitative estimate of drug-likeness (QED) is 0.530. The summed E-state index contributed by atoms with van der Waals surface area (Å²) in [6.07, 6.45) is 5.34. The van der Waals surface area contributed by atoms with Crippen LogP contribution in [0.1, 0.15) is 5.56 Å². The highest BCUT2D eigenvalue weighted by molar-refractivity contribution is 14.1. The number of alkyl halides is 1. The molecule has 0 fully saturated rings. The molecule has 3 aromatic rings. The molecule has 0 radical (unpaired) electrons. The Hall–Kier alpha value is -1.70. The first-order valence-electron chi connectivity index (χ1n) is 5.82. The lowest BCUT2D eigenvalue weighted by Gasteiger charge is -2.07. The molecule has 2 aromatic heterocycles. The largest absolute Gasteiger partial charge is 0.332 e. The van der Waals surface area contributed by atoms with Crippen molar-refractivity contribution in [2.75, 3.05) is 0 Å². The van der Waals surface area contributed by atoms with Gasteiger partial charge in [0.15, 0.2) is 0 Å². The minimum atomic E-state index is 0.933. The first kappa shape index (κ1) is 12.3. The Labute approximate surface area is 124 Å². The monoisotopic (exact) mass is 365 g/mol. The van der Waals surface area contributed by atoms with Crippen molar-refractivity contribution in [1.82, 2.24) is 24.5 Å². The number of hydrogen-bond acceptors (Lipinski definition) is 3. The molecule has 3 rings (SSSR count). The van der Waals surface area contributed by atoms with Crippen molar-refractivity contribution < 1.29 is 0 Å². The van der Waals surface area contributed by atoms with Crippen molar-refractivity contribution in [3.63, 3.8) is 0 Å². The van der Waals surface area contributed by atoms with Crippen molar-refractivity contribution in [3.05, 3.63) is 48.5 Å². The molecule has 0 saturated carbocycles. The van der Waals surface area contributed by atoms with Gasteiger partial charge in [0, 0.05) is 11.5 Å². The van der Waals surface area contributed by atoms with Gasteiger partial charge in [-0.1, -0.05) is 39.9 Å².